The lowest BCUT2D eigenvalue weighted by Gasteiger charge is -2.35. The molecule has 0 radical (unpaired) electrons. The molecule has 1 atom stereocenters. The average molecular weight is 322 g/mol. The third-order valence-electron chi connectivity index (χ3n) is 3.81. The topological polar surface area (TPSA) is 46.1 Å². The fourth-order valence-corrected chi connectivity index (χ4v) is 3.03. The van der Waals surface area contributed by atoms with Gasteiger partial charge < -0.3 is 4.90 Å². The Morgan fingerprint density at radius 2 is 2.05 bits per heavy atom. The van der Waals surface area contributed by atoms with E-state index in [-0.39, 0.29) is 11.9 Å². The van der Waals surface area contributed by atoms with Crippen LogP contribution in [0.2, 0.25) is 10.0 Å². The van der Waals surface area contributed by atoms with Crippen molar-refractivity contribution >= 4 is 29.1 Å². The third kappa shape index (κ3) is 2.61. The van der Waals surface area contributed by atoms with Crippen LogP contribution in [-0.4, -0.2) is 27.5 Å². The monoisotopic (exact) mass is 321 g/mol. The van der Waals surface area contributed by atoms with Crippen molar-refractivity contribution in [2.24, 2.45) is 0 Å². The van der Waals surface area contributed by atoms with Crippen molar-refractivity contribution in [1.82, 2.24) is 15.1 Å². The van der Waals surface area contributed by atoms with Crippen LogP contribution in [0.25, 0.3) is 0 Å². The van der Waals surface area contributed by atoms with Crippen molar-refractivity contribution in [3.63, 3.8) is 0 Å². The van der Waals surface area contributed by atoms with E-state index in [1.807, 2.05) is 24.0 Å². The zero-order chi connectivity index (χ0) is 15.0. The van der Waals surface area contributed by atoms with E-state index < -0.39 is 0 Å². The van der Waals surface area contributed by atoms with Gasteiger partial charge in [0.05, 0.1) is 34.0 Å². The summed E-state index contributed by atoms with van der Waals surface area (Å²) in [6.45, 7) is 2.64. The normalized spacial score (nSPS) is 17.5. The lowest BCUT2D eigenvalue weighted by atomic mass is 9.93. The first kappa shape index (κ1) is 14.3. The molecule has 1 aromatic carbocycles. The third-order valence-corrected chi connectivity index (χ3v) is 4.54. The molecule has 0 N–H and O–H groups in total. The Hall–Kier alpha value is -1.65. The van der Waals surface area contributed by atoms with E-state index in [1.165, 1.54) is 12.4 Å². The second kappa shape index (κ2) is 5.62. The molecule has 1 aliphatic rings. The van der Waals surface area contributed by atoms with Gasteiger partial charge in [-0.2, -0.15) is 10.2 Å². The minimum Gasteiger partial charge on any atom is -0.331 e. The van der Waals surface area contributed by atoms with Gasteiger partial charge in [0.15, 0.2) is 0 Å². The Kier molecular flexibility index (Phi) is 3.83. The highest BCUT2D eigenvalue weighted by molar-refractivity contribution is 6.42. The van der Waals surface area contributed by atoms with Gasteiger partial charge in [-0.05, 0) is 42.7 Å². The molecule has 0 aliphatic carbocycles. The molecule has 6 heteroatoms. The maximum atomic E-state index is 12.6. The second-order valence-electron chi connectivity index (χ2n) is 5.02. The summed E-state index contributed by atoms with van der Waals surface area (Å²) < 4.78 is 0. The molecule has 3 rings (SSSR count). The van der Waals surface area contributed by atoms with Gasteiger partial charge in [0.25, 0.3) is 5.91 Å². The number of nitrogens with zero attached hydrogens (tertiary/aromatic N) is 3. The molecule has 108 valence electrons. The van der Waals surface area contributed by atoms with Gasteiger partial charge in [-0.1, -0.05) is 23.2 Å². The van der Waals surface area contributed by atoms with Gasteiger partial charge in [0.1, 0.15) is 0 Å². The number of carbonyl (C=O) groups excluding carboxylic acids is 1. The number of rotatable bonds is 1. The molecule has 1 aromatic heterocycles. The predicted octanol–water partition coefficient (Wildman–Crippen LogP) is 3.54. The van der Waals surface area contributed by atoms with Crippen LogP contribution in [0.1, 0.15) is 34.5 Å². The Morgan fingerprint density at radius 3 is 2.76 bits per heavy atom. The molecule has 2 heterocycles. The van der Waals surface area contributed by atoms with Crippen LogP contribution in [0, 0.1) is 0 Å². The van der Waals surface area contributed by atoms with E-state index in [0.717, 1.165) is 17.5 Å². The molecule has 0 saturated heterocycles. The van der Waals surface area contributed by atoms with E-state index in [9.17, 15) is 4.79 Å². The van der Waals surface area contributed by atoms with Crippen molar-refractivity contribution in [2.45, 2.75) is 19.4 Å². The molecule has 0 fully saturated rings. The molecule has 0 saturated carbocycles. The Labute approximate surface area is 132 Å². The van der Waals surface area contributed by atoms with E-state index in [1.54, 1.807) is 6.07 Å². The van der Waals surface area contributed by atoms with Gasteiger partial charge in [-0.15, -0.1) is 0 Å². The van der Waals surface area contributed by atoms with Crippen LogP contribution in [0.5, 0.6) is 0 Å². The minimum atomic E-state index is -0.0517. The summed E-state index contributed by atoms with van der Waals surface area (Å²) in [6.07, 6.45) is 3.77. The number of halogens is 2. The first-order chi connectivity index (χ1) is 10.1. The Bertz CT molecular complexity index is 691. The fraction of sp³-hybridized carbons (Fsp3) is 0.267. The fourth-order valence-electron chi connectivity index (χ4n) is 2.67. The highest BCUT2D eigenvalue weighted by atomic mass is 35.5. The largest absolute Gasteiger partial charge is 0.331 e. The highest BCUT2D eigenvalue weighted by Gasteiger charge is 2.29. The van der Waals surface area contributed by atoms with E-state index >= 15 is 0 Å². The van der Waals surface area contributed by atoms with Crippen LogP contribution in [0.15, 0.2) is 30.6 Å². The summed E-state index contributed by atoms with van der Waals surface area (Å²) in [4.78, 5) is 14.4. The minimum absolute atomic E-state index is 0.0471. The van der Waals surface area contributed by atoms with Gasteiger partial charge in [-0.25, -0.2) is 0 Å². The van der Waals surface area contributed by atoms with Crippen molar-refractivity contribution in [3.8, 4) is 0 Å². The number of benzene rings is 1. The maximum absolute atomic E-state index is 12.6. The molecule has 0 bridgehead atoms. The quantitative estimate of drug-likeness (QED) is 0.807. The molecular weight excluding hydrogens is 309 g/mol. The van der Waals surface area contributed by atoms with Crippen LogP contribution in [0.4, 0.5) is 0 Å². The van der Waals surface area contributed by atoms with Crippen LogP contribution in [0.3, 0.4) is 0 Å². The van der Waals surface area contributed by atoms with Crippen molar-refractivity contribution in [2.75, 3.05) is 6.54 Å². The van der Waals surface area contributed by atoms with Crippen LogP contribution >= 0.6 is 23.2 Å². The highest BCUT2D eigenvalue weighted by Crippen LogP contribution is 2.35. The Morgan fingerprint density at radius 1 is 1.29 bits per heavy atom. The SMILES string of the molecule is CC1c2cc(Cl)c(Cl)cc2CCN1C(=O)c1ccnnc1. The maximum Gasteiger partial charge on any atom is 0.256 e. The van der Waals surface area contributed by atoms with Crippen LogP contribution < -0.4 is 0 Å². The van der Waals surface area contributed by atoms with E-state index in [4.69, 9.17) is 23.2 Å². The standard InChI is InChI=1S/C15H13Cl2N3O/c1-9-12-7-14(17)13(16)6-10(12)3-5-20(9)15(21)11-2-4-18-19-8-11/h2,4,6-9H,3,5H2,1H3. The van der Waals surface area contributed by atoms with E-state index in [0.29, 0.717) is 22.2 Å². The van der Waals surface area contributed by atoms with Crippen molar-refractivity contribution in [1.29, 1.82) is 0 Å². The number of hydrogen-bond donors (Lipinski definition) is 0. The average Bonchev–Trinajstić information content (AvgIpc) is 2.50. The van der Waals surface area contributed by atoms with E-state index in [2.05, 4.69) is 10.2 Å². The predicted molar refractivity (Wildman–Crippen MR) is 81.6 cm³/mol. The summed E-state index contributed by atoms with van der Waals surface area (Å²) in [5, 5.41) is 8.53. The Balaban J connectivity index is 1.94. The summed E-state index contributed by atoms with van der Waals surface area (Å²) in [6, 6.07) is 5.37. The molecule has 1 amide bonds. The number of hydrogen-bond acceptors (Lipinski definition) is 3. The summed E-state index contributed by atoms with van der Waals surface area (Å²) in [5.41, 5.74) is 2.74. The first-order valence-corrected chi connectivity index (χ1v) is 7.39. The van der Waals surface area contributed by atoms with Crippen molar-refractivity contribution in [3.05, 3.63) is 57.3 Å². The molecule has 21 heavy (non-hydrogen) atoms. The van der Waals surface area contributed by atoms with Gasteiger partial charge >= 0.3 is 0 Å². The van der Waals surface area contributed by atoms with Gasteiger partial charge in [0.2, 0.25) is 0 Å². The number of aromatic nitrogens is 2. The smallest absolute Gasteiger partial charge is 0.256 e. The lowest BCUT2D eigenvalue weighted by molar-refractivity contribution is 0.0677. The number of carbonyl (C=O) groups is 1. The molecular formula is C15H13Cl2N3O. The van der Waals surface area contributed by atoms with Crippen molar-refractivity contribution < 1.29 is 4.79 Å². The molecule has 1 unspecified atom stereocenters. The number of fused-ring (bicyclic) bond motifs is 1. The lowest BCUT2D eigenvalue weighted by Crippen LogP contribution is -2.38. The summed E-state index contributed by atoms with van der Waals surface area (Å²) in [5.74, 6) is -0.0471. The molecule has 1 aliphatic heterocycles. The summed E-state index contributed by atoms with van der Waals surface area (Å²) in [7, 11) is 0. The zero-order valence-electron chi connectivity index (χ0n) is 11.4. The summed E-state index contributed by atoms with van der Waals surface area (Å²) >= 11 is 12.2. The number of amides is 1. The second-order valence-corrected chi connectivity index (χ2v) is 5.84. The first-order valence-electron chi connectivity index (χ1n) is 6.63. The zero-order valence-corrected chi connectivity index (χ0v) is 12.9. The molecule has 0 spiro atoms. The molecule has 2 aromatic rings. The van der Waals surface area contributed by atoms with Gasteiger partial charge in [0, 0.05) is 6.54 Å². The van der Waals surface area contributed by atoms with Crippen LogP contribution in [-0.2, 0) is 6.42 Å². The van der Waals surface area contributed by atoms with Gasteiger partial charge in [-0.3, -0.25) is 4.79 Å². The molecule has 4 nitrogen and oxygen atoms in total.